The van der Waals surface area contributed by atoms with E-state index in [0.717, 1.165) is 12.1 Å². The molecule has 0 spiro atoms. The van der Waals surface area contributed by atoms with Crippen molar-refractivity contribution >= 4 is 17.5 Å². The van der Waals surface area contributed by atoms with E-state index in [9.17, 15) is 19.1 Å². The number of amides is 2. The van der Waals surface area contributed by atoms with Gasteiger partial charge in [0.2, 0.25) is 5.91 Å². The Labute approximate surface area is 157 Å². The number of aliphatic hydroxyl groups is 1. The van der Waals surface area contributed by atoms with E-state index >= 15 is 0 Å². The van der Waals surface area contributed by atoms with Crippen LogP contribution in [-0.2, 0) is 9.59 Å². The fourth-order valence-corrected chi connectivity index (χ4v) is 4.22. The highest BCUT2D eigenvalue weighted by Crippen LogP contribution is 2.36. The monoisotopic (exact) mass is 379 g/mol. The van der Waals surface area contributed by atoms with E-state index in [1.54, 1.807) is 17.0 Å². The summed E-state index contributed by atoms with van der Waals surface area (Å²) < 4.78 is 13.1. The van der Waals surface area contributed by atoms with Crippen LogP contribution in [0, 0.1) is 17.7 Å². The number of anilines is 1. The average molecular weight is 379 g/mol. The molecule has 8 heteroatoms. The van der Waals surface area contributed by atoms with Gasteiger partial charge in [-0.15, -0.1) is 0 Å². The van der Waals surface area contributed by atoms with Gasteiger partial charge in [-0.3, -0.25) is 14.8 Å². The Morgan fingerprint density at radius 2 is 1.89 bits per heavy atom. The number of likely N-dealkylation sites (tertiary alicyclic amines) is 1. The van der Waals surface area contributed by atoms with E-state index in [1.807, 2.05) is 13.8 Å². The first-order valence-electron chi connectivity index (χ1n) is 9.26. The summed E-state index contributed by atoms with van der Waals surface area (Å²) in [6.45, 7) is 4.97. The topological polar surface area (TPSA) is 93.1 Å². The molecule has 4 atom stereocenters. The highest BCUT2D eigenvalue weighted by atomic mass is 19.1. The number of halogens is 1. The molecule has 27 heavy (non-hydrogen) atoms. The van der Waals surface area contributed by atoms with E-state index < -0.39 is 17.9 Å². The van der Waals surface area contributed by atoms with Crippen molar-refractivity contribution in [3.05, 3.63) is 30.1 Å². The van der Waals surface area contributed by atoms with Crippen molar-refractivity contribution in [2.75, 3.05) is 18.0 Å². The summed E-state index contributed by atoms with van der Waals surface area (Å²) in [5.74, 6) is -2.30. The smallest absolute Gasteiger partial charge is 0.272 e. The third kappa shape index (κ3) is 3.91. The molecular weight excluding hydrogens is 353 g/mol. The summed E-state index contributed by atoms with van der Waals surface area (Å²) in [6, 6.07) is 6.44. The second-order valence-electron chi connectivity index (χ2n) is 7.82. The van der Waals surface area contributed by atoms with Gasteiger partial charge in [0.05, 0.1) is 12.0 Å². The number of hydroxylamine groups is 1. The van der Waals surface area contributed by atoms with Gasteiger partial charge in [0, 0.05) is 24.8 Å². The van der Waals surface area contributed by atoms with Gasteiger partial charge < -0.3 is 14.9 Å². The van der Waals surface area contributed by atoms with E-state index in [2.05, 4.69) is 4.90 Å². The van der Waals surface area contributed by atoms with Crippen molar-refractivity contribution in [1.82, 2.24) is 10.4 Å². The van der Waals surface area contributed by atoms with Crippen LogP contribution < -0.4 is 10.4 Å². The normalized spacial score (nSPS) is 23.6. The van der Waals surface area contributed by atoms with Gasteiger partial charge in [0.25, 0.3) is 5.91 Å². The quantitative estimate of drug-likeness (QED) is 0.509. The number of carbonyl (C=O) groups is 2. The number of aliphatic hydroxyl groups excluding tert-OH is 1. The summed E-state index contributed by atoms with van der Waals surface area (Å²) in [5.41, 5.74) is 2.36. The van der Waals surface area contributed by atoms with Gasteiger partial charge in [-0.1, -0.05) is 13.8 Å². The van der Waals surface area contributed by atoms with E-state index in [0.29, 0.717) is 19.5 Å². The van der Waals surface area contributed by atoms with Crippen LogP contribution >= 0.6 is 0 Å². The van der Waals surface area contributed by atoms with Crippen molar-refractivity contribution in [1.29, 1.82) is 0 Å². The molecule has 2 amide bonds. The number of carbonyl (C=O) groups excluding carboxylic acids is 2. The molecule has 2 aliphatic heterocycles. The third-order valence-corrected chi connectivity index (χ3v) is 5.48. The molecule has 7 nitrogen and oxygen atoms in total. The van der Waals surface area contributed by atoms with Crippen LogP contribution in [-0.4, -0.2) is 58.3 Å². The zero-order valence-corrected chi connectivity index (χ0v) is 15.5. The molecule has 2 aliphatic rings. The van der Waals surface area contributed by atoms with Gasteiger partial charge in [0.1, 0.15) is 11.9 Å². The minimum atomic E-state index is -1.59. The van der Waals surface area contributed by atoms with Gasteiger partial charge in [-0.2, -0.15) is 0 Å². The Hall–Kier alpha value is -2.19. The average Bonchev–Trinajstić information content (AvgIpc) is 3.25. The number of fused-ring (bicyclic) bond motifs is 2. The summed E-state index contributed by atoms with van der Waals surface area (Å²) in [5, 5.41) is 19.0. The highest BCUT2D eigenvalue weighted by Gasteiger charge is 2.48. The lowest BCUT2D eigenvalue weighted by molar-refractivity contribution is -0.151. The molecule has 0 radical (unpaired) electrons. The SMILES string of the molecule is CC(C)C[C@H](C(=O)N1CC2CC1CN2c1ccc(F)cc1)[C@H](O)C(=O)NO. The largest absolute Gasteiger partial charge is 0.382 e. The van der Waals surface area contributed by atoms with Crippen LogP contribution in [0.25, 0.3) is 0 Å². The molecule has 2 unspecified atom stereocenters. The molecule has 2 fully saturated rings. The molecule has 148 valence electrons. The lowest BCUT2D eigenvalue weighted by atomic mass is 9.90. The molecule has 2 heterocycles. The lowest BCUT2D eigenvalue weighted by Crippen LogP contribution is -2.53. The Kier molecular flexibility index (Phi) is 5.67. The zero-order chi connectivity index (χ0) is 19.7. The van der Waals surface area contributed by atoms with Crippen LogP contribution in [0.1, 0.15) is 26.7 Å². The number of benzene rings is 1. The maximum absolute atomic E-state index is 13.1. The van der Waals surface area contributed by atoms with E-state index in [-0.39, 0.29) is 29.7 Å². The second kappa shape index (κ2) is 7.82. The van der Waals surface area contributed by atoms with E-state index in [1.165, 1.54) is 17.6 Å². The van der Waals surface area contributed by atoms with E-state index in [4.69, 9.17) is 5.21 Å². The van der Waals surface area contributed by atoms with Crippen molar-refractivity contribution in [3.8, 4) is 0 Å². The first-order valence-corrected chi connectivity index (χ1v) is 9.26. The molecule has 2 saturated heterocycles. The van der Waals surface area contributed by atoms with Gasteiger partial charge in [-0.05, 0) is 43.0 Å². The zero-order valence-electron chi connectivity index (χ0n) is 15.5. The van der Waals surface area contributed by atoms with Crippen LogP contribution in [0.5, 0.6) is 0 Å². The van der Waals surface area contributed by atoms with Crippen LogP contribution in [0.15, 0.2) is 24.3 Å². The minimum absolute atomic E-state index is 0.00777. The fourth-order valence-electron chi connectivity index (χ4n) is 4.22. The summed E-state index contributed by atoms with van der Waals surface area (Å²) in [4.78, 5) is 28.6. The molecule has 1 aromatic carbocycles. The van der Waals surface area contributed by atoms with Crippen LogP contribution in [0.4, 0.5) is 10.1 Å². The molecule has 0 saturated carbocycles. The molecule has 2 bridgehead atoms. The number of rotatable bonds is 6. The molecule has 0 aromatic heterocycles. The van der Waals surface area contributed by atoms with Crippen LogP contribution in [0.2, 0.25) is 0 Å². The molecule has 3 N–H and O–H groups in total. The maximum Gasteiger partial charge on any atom is 0.272 e. The molecular formula is C19H26FN3O4. The van der Waals surface area contributed by atoms with Crippen molar-refractivity contribution in [2.24, 2.45) is 11.8 Å². The van der Waals surface area contributed by atoms with Gasteiger partial charge in [-0.25, -0.2) is 9.87 Å². The Balaban J connectivity index is 1.71. The Morgan fingerprint density at radius 1 is 1.22 bits per heavy atom. The first kappa shape index (κ1) is 19.6. The summed E-state index contributed by atoms with van der Waals surface area (Å²) in [6.07, 6.45) is -0.430. The lowest BCUT2D eigenvalue weighted by Gasteiger charge is -2.38. The highest BCUT2D eigenvalue weighted by molar-refractivity contribution is 5.89. The third-order valence-electron chi connectivity index (χ3n) is 5.48. The second-order valence-corrected chi connectivity index (χ2v) is 7.82. The van der Waals surface area contributed by atoms with Crippen LogP contribution in [0.3, 0.4) is 0 Å². The predicted molar refractivity (Wildman–Crippen MR) is 96.5 cm³/mol. The Morgan fingerprint density at radius 3 is 2.41 bits per heavy atom. The number of hydrogen-bond acceptors (Lipinski definition) is 5. The maximum atomic E-state index is 13.1. The van der Waals surface area contributed by atoms with Crippen molar-refractivity contribution in [2.45, 2.75) is 44.9 Å². The number of hydrogen-bond donors (Lipinski definition) is 3. The minimum Gasteiger partial charge on any atom is -0.382 e. The number of nitrogens with zero attached hydrogens (tertiary/aromatic N) is 2. The molecule has 0 aliphatic carbocycles. The first-order chi connectivity index (χ1) is 12.8. The standard InChI is InChI=1S/C19H26FN3O4/c1-11(2)7-16(17(24)18(25)21-27)19(26)23-10-14-8-15(23)9-22(14)13-5-3-12(20)4-6-13/h3-6,11,14-17,24,27H,7-10H2,1-2H3,(H,21,25)/t14?,15?,16-,17-/m0/s1. The summed E-state index contributed by atoms with van der Waals surface area (Å²) in [7, 11) is 0. The van der Waals surface area contributed by atoms with Gasteiger partial charge >= 0.3 is 0 Å². The summed E-state index contributed by atoms with van der Waals surface area (Å²) >= 11 is 0. The number of piperazine rings is 1. The molecule has 1 aromatic rings. The van der Waals surface area contributed by atoms with Gasteiger partial charge in [0.15, 0.2) is 0 Å². The van der Waals surface area contributed by atoms with Crippen molar-refractivity contribution in [3.63, 3.8) is 0 Å². The van der Waals surface area contributed by atoms with Crippen molar-refractivity contribution < 1.29 is 24.3 Å². The molecule has 3 rings (SSSR count). The fraction of sp³-hybridized carbons (Fsp3) is 0.579. The predicted octanol–water partition coefficient (Wildman–Crippen LogP) is 1.14. The number of nitrogens with one attached hydrogen (secondary N) is 1. The Bertz CT molecular complexity index is 697.